The lowest BCUT2D eigenvalue weighted by atomic mass is 9.95. The molecule has 2 atom stereocenters. The maximum atomic E-state index is 11.9. The van der Waals surface area contributed by atoms with Crippen LogP contribution >= 0.6 is 11.6 Å². The number of rotatable bonds is 3. The summed E-state index contributed by atoms with van der Waals surface area (Å²) in [5.74, 6) is 0.744. The van der Waals surface area contributed by atoms with Gasteiger partial charge in [-0.15, -0.1) is 0 Å². The molecule has 0 bridgehead atoms. The van der Waals surface area contributed by atoms with Crippen LogP contribution in [0.5, 0.6) is 0 Å². The largest absolute Gasteiger partial charge is 0.369 e. The van der Waals surface area contributed by atoms with Crippen LogP contribution in [-0.4, -0.2) is 25.0 Å². The first-order valence-electron chi connectivity index (χ1n) is 7.26. The van der Waals surface area contributed by atoms with Gasteiger partial charge in [-0.2, -0.15) is 0 Å². The highest BCUT2D eigenvalue weighted by Gasteiger charge is 2.26. The Balaban J connectivity index is 2.04. The molecule has 1 aromatic carbocycles. The molecule has 4 heteroatoms. The maximum Gasteiger partial charge on any atom is 0.222 e. The van der Waals surface area contributed by atoms with Crippen molar-refractivity contribution in [1.82, 2.24) is 5.32 Å². The summed E-state index contributed by atoms with van der Waals surface area (Å²) in [6, 6.07) is 8.14. The van der Waals surface area contributed by atoms with Crippen molar-refractivity contribution in [1.29, 1.82) is 0 Å². The zero-order chi connectivity index (χ0) is 14.7. The van der Waals surface area contributed by atoms with E-state index in [1.165, 1.54) is 5.69 Å². The normalized spacial score (nSPS) is 22.9. The first-order chi connectivity index (χ1) is 9.45. The molecule has 0 spiro atoms. The third-order valence-corrected chi connectivity index (χ3v) is 3.97. The Morgan fingerprint density at radius 1 is 1.30 bits per heavy atom. The molecule has 0 saturated carbocycles. The Morgan fingerprint density at radius 3 is 2.55 bits per heavy atom. The minimum atomic E-state index is 0.0382. The molecule has 0 aromatic heterocycles. The number of nitrogens with one attached hydrogen (secondary N) is 1. The minimum absolute atomic E-state index is 0.0382. The van der Waals surface area contributed by atoms with E-state index in [-0.39, 0.29) is 17.9 Å². The quantitative estimate of drug-likeness (QED) is 0.927. The van der Waals surface area contributed by atoms with Crippen molar-refractivity contribution in [3.63, 3.8) is 0 Å². The van der Waals surface area contributed by atoms with Gasteiger partial charge in [0.1, 0.15) is 0 Å². The molecule has 20 heavy (non-hydrogen) atoms. The molecule has 1 heterocycles. The standard InChI is InChI=1S/C16H23ClN2O/c1-11(2)16(20)18-14-8-12(3)9-19(10-14)15-6-4-13(17)5-7-15/h4-7,11-12,14H,8-10H2,1-3H3,(H,18,20). The number of carbonyl (C=O) groups excluding carboxylic acids is 1. The van der Waals surface area contributed by atoms with Crippen molar-refractivity contribution in [2.45, 2.75) is 33.2 Å². The highest BCUT2D eigenvalue weighted by molar-refractivity contribution is 6.30. The fraction of sp³-hybridized carbons (Fsp3) is 0.562. The van der Waals surface area contributed by atoms with Gasteiger partial charge in [0.15, 0.2) is 0 Å². The van der Waals surface area contributed by atoms with Gasteiger partial charge in [-0.3, -0.25) is 4.79 Å². The highest BCUT2D eigenvalue weighted by Crippen LogP contribution is 2.24. The van der Waals surface area contributed by atoms with Gasteiger partial charge in [-0.05, 0) is 36.6 Å². The fourth-order valence-electron chi connectivity index (χ4n) is 2.69. The van der Waals surface area contributed by atoms with E-state index in [2.05, 4.69) is 17.1 Å². The monoisotopic (exact) mass is 294 g/mol. The molecular formula is C16H23ClN2O. The number of carbonyl (C=O) groups is 1. The number of benzene rings is 1. The summed E-state index contributed by atoms with van der Waals surface area (Å²) in [5, 5.41) is 3.91. The van der Waals surface area contributed by atoms with Gasteiger partial charge >= 0.3 is 0 Å². The molecular weight excluding hydrogens is 272 g/mol. The SMILES string of the molecule is CC1CC(NC(=O)C(C)C)CN(c2ccc(Cl)cc2)C1. The van der Waals surface area contributed by atoms with Crippen LogP contribution in [-0.2, 0) is 4.79 Å². The van der Waals surface area contributed by atoms with Crippen molar-refractivity contribution in [3.05, 3.63) is 29.3 Å². The second-order valence-corrected chi connectivity index (χ2v) is 6.52. The first kappa shape index (κ1) is 15.2. The van der Waals surface area contributed by atoms with E-state index in [0.29, 0.717) is 5.92 Å². The van der Waals surface area contributed by atoms with Crippen LogP contribution in [0.15, 0.2) is 24.3 Å². The number of amides is 1. The summed E-state index contributed by atoms with van der Waals surface area (Å²) >= 11 is 5.94. The molecule has 2 unspecified atom stereocenters. The second-order valence-electron chi connectivity index (χ2n) is 6.08. The molecule has 2 rings (SSSR count). The number of nitrogens with zero attached hydrogens (tertiary/aromatic N) is 1. The summed E-state index contributed by atoms with van der Waals surface area (Å²) in [5.41, 5.74) is 1.17. The number of piperidine rings is 1. The van der Waals surface area contributed by atoms with Crippen molar-refractivity contribution in [3.8, 4) is 0 Å². The summed E-state index contributed by atoms with van der Waals surface area (Å²) in [7, 11) is 0. The molecule has 1 saturated heterocycles. The van der Waals surface area contributed by atoms with Crippen molar-refractivity contribution < 1.29 is 4.79 Å². The molecule has 1 N–H and O–H groups in total. The van der Waals surface area contributed by atoms with Gasteiger partial charge in [0, 0.05) is 35.8 Å². The van der Waals surface area contributed by atoms with Gasteiger partial charge in [0.25, 0.3) is 0 Å². The molecule has 1 aliphatic rings. The maximum absolute atomic E-state index is 11.9. The van der Waals surface area contributed by atoms with Gasteiger partial charge in [-0.1, -0.05) is 32.4 Å². The zero-order valence-electron chi connectivity index (χ0n) is 12.4. The molecule has 1 aromatic rings. The third-order valence-electron chi connectivity index (χ3n) is 3.72. The molecule has 1 fully saturated rings. The predicted molar refractivity (Wildman–Crippen MR) is 84.2 cm³/mol. The van der Waals surface area contributed by atoms with Crippen LogP contribution in [0, 0.1) is 11.8 Å². The van der Waals surface area contributed by atoms with E-state index in [0.717, 1.165) is 24.5 Å². The zero-order valence-corrected chi connectivity index (χ0v) is 13.2. The second kappa shape index (κ2) is 6.49. The number of hydrogen-bond acceptors (Lipinski definition) is 2. The Morgan fingerprint density at radius 2 is 1.95 bits per heavy atom. The first-order valence-corrected chi connectivity index (χ1v) is 7.64. The summed E-state index contributed by atoms with van der Waals surface area (Å²) in [6.45, 7) is 7.98. The summed E-state index contributed by atoms with van der Waals surface area (Å²) < 4.78 is 0. The molecule has 110 valence electrons. The van der Waals surface area contributed by atoms with Crippen LogP contribution < -0.4 is 10.2 Å². The van der Waals surface area contributed by atoms with E-state index < -0.39 is 0 Å². The van der Waals surface area contributed by atoms with Gasteiger partial charge in [-0.25, -0.2) is 0 Å². The lowest BCUT2D eigenvalue weighted by Gasteiger charge is -2.38. The molecule has 0 aliphatic carbocycles. The summed E-state index contributed by atoms with van der Waals surface area (Å²) in [6.07, 6.45) is 1.04. The highest BCUT2D eigenvalue weighted by atomic mass is 35.5. The van der Waals surface area contributed by atoms with E-state index in [1.54, 1.807) is 0 Å². The van der Waals surface area contributed by atoms with Crippen molar-refractivity contribution in [2.24, 2.45) is 11.8 Å². The van der Waals surface area contributed by atoms with Gasteiger partial charge in [0.2, 0.25) is 5.91 Å². The van der Waals surface area contributed by atoms with Crippen LogP contribution in [0.25, 0.3) is 0 Å². The van der Waals surface area contributed by atoms with E-state index in [9.17, 15) is 4.79 Å². The Kier molecular flexibility index (Phi) is 4.92. The number of anilines is 1. The average Bonchev–Trinajstić information content (AvgIpc) is 2.38. The Hall–Kier alpha value is -1.22. The lowest BCUT2D eigenvalue weighted by molar-refractivity contribution is -0.124. The summed E-state index contributed by atoms with van der Waals surface area (Å²) in [4.78, 5) is 14.2. The smallest absolute Gasteiger partial charge is 0.222 e. The van der Waals surface area contributed by atoms with Crippen LogP contribution in [0.1, 0.15) is 27.2 Å². The number of hydrogen-bond donors (Lipinski definition) is 1. The Bertz CT molecular complexity index is 458. The van der Waals surface area contributed by atoms with E-state index >= 15 is 0 Å². The molecule has 3 nitrogen and oxygen atoms in total. The topological polar surface area (TPSA) is 32.3 Å². The fourth-order valence-corrected chi connectivity index (χ4v) is 2.81. The van der Waals surface area contributed by atoms with E-state index in [1.807, 2.05) is 38.1 Å². The average molecular weight is 295 g/mol. The van der Waals surface area contributed by atoms with Crippen LogP contribution in [0.2, 0.25) is 5.02 Å². The lowest BCUT2D eigenvalue weighted by Crippen LogP contribution is -2.51. The van der Waals surface area contributed by atoms with Crippen molar-refractivity contribution in [2.75, 3.05) is 18.0 Å². The number of halogens is 1. The van der Waals surface area contributed by atoms with E-state index in [4.69, 9.17) is 11.6 Å². The molecule has 1 aliphatic heterocycles. The van der Waals surface area contributed by atoms with Gasteiger partial charge < -0.3 is 10.2 Å². The third kappa shape index (κ3) is 3.89. The molecule has 0 radical (unpaired) electrons. The Labute approximate surface area is 126 Å². The predicted octanol–water partition coefficient (Wildman–Crippen LogP) is 3.33. The minimum Gasteiger partial charge on any atom is -0.369 e. The molecule has 1 amide bonds. The van der Waals surface area contributed by atoms with Crippen molar-refractivity contribution >= 4 is 23.2 Å². The van der Waals surface area contributed by atoms with Crippen LogP contribution in [0.4, 0.5) is 5.69 Å². The van der Waals surface area contributed by atoms with Crippen LogP contribution in [0.3, 0.4) is 0 Å². The van der Waals surface area contributed by atoms with Gasteiger partial charge in [0.05, 0.1) is 0 Å².